The lowest BCUT2D eigenvalue weighted by atomic mass is 9.70. The maximum absolute atomic E-state index is 10.6. The van der Waals surface area contributed by atoms with E-state index < -0.39 is 11.0 Å². The summed E-state index contributed by atoms with van der Waals surface area (Å²) < 4.78 is 5.14. The number of methoxy groups -OCH3 is 1. The molecule has 1 N–H and O–H groups in total. The van der Waals surface area contributed by atoms with Crippen molar-refractivity contribution in [1.29, 1.82) is 5.26 Å². The largest absolute Gasteiger partial charge is 0.497 e. The van der Waals surface area contributed by atoms with Gasteiger partial charge >= 0.3 is 0 Å². The zero-order chi connectivity index (χ0) is 13.1. The summed E-state index contributed by atoms with van der Waals surface area (Å²) >= 11 is 0. The minimum Gasteiger partial charge on any atom is -0.497 e. The smallest absolute Gasteiger partial charge is 0.119 e. The highest BCUT2D eigenvalue weighted by molar-refractivity contribution is 5.34. The van der Waals surface area contributed by atoms with Crippen LogP contribution in [0.3, 0.4) is 0 Å². The lowest BCUT2D eigenvalue weighted by Gasteiger charge is -2.37. The minimum atomic E-state index is -1.20. The van der Waals surface area contributed by atoms with Crippen LogP contribution in [0.5, 0.6) is 5.75 Å². The van der Waals surface area contributed by atoms with E-state index in [4.69, 9.17) is 4.74 Å². The van der Waals surface area contributed by atoms with E-state index in [0.717, 1.165) is 0 Å². The van der Waals surface area contributed by atoms with Gasteiger partial charge in [-0.05, 0) is 38.0 Å². The van der Waals surface area contributed by atoms with Crippen molar-refractivity contribution in [2.75, 3.05) is 7.11 Å². The Labute approximate surface area is 103 Å². The Morgan fingerprint density at radius 3 is 2.53 bits per heavy atom. The lowest BCUT2D eigenvalue weighted by Crippen LogP contribution is -2.40. The molecule has 0 aromatic heterocycles. The third-order valence-corrected chi connectivity index (χ3v) is 3.66. The molecule has 0 saturated carbocycles. The normalized spacial score (nSPS) is 17.6. The average Bonchev–Trinajstić information content (AvgIpc) is 2.37. The second-order valence-electron chi connectivity index (χ2n) is 4.60. The van der Waals surface area contributed by atoms with E-state index in [2.05, 4.69) is 6.07 Å². The monoisotopic (exact) mass is 233 g/mol. The highest BCUT2D eigenvalue weighted by Crippen LogP contribution is 2.42. The van der Waals surface area contributed by atoms with Gasteiger partial charge in [-0.1, -0.05) is 19.1 Å². The maximum atomic E-state index is 10.6. The molecule has 2 atom stereocenters. The van der Waals surface area contributed by atoms with Gasteiger partial charge in [0.1, 0.15) is 11.4 Å². The third-order valence-electron chi connectivity index (χ3n) is 3.66. The summed E-state index contributed by atoms with van der Waals surface area (Å²) in [6.07, 6.45) is 0.577. The van der Waals surface area contributed by atoms with Gasteiger partial charge < -0.3 is 9.84 Å². The summed E-state index contributed by atoms with van der Waals surface area (Å²) in [5.41, 5.74) is -1.33. The van der Waals surface area contributed by atoms with Crippen LogP contribution in [0.15, 0.2) is 24.3 Å². The molecule has 3 nitrogen and oxygen atoms in total. The van der Waals surface area contributed by atoms with E-state index in [-0.39, 0.29) is 0 Å². The molecule has 0 amide bonds. The van der Waals surface area contributed by atoms with Crippen molar-refractivity contribution in [2.45, 2.75) is 32.8 Å². The second kappa shape index (κ2) is 4.77. The standard InChI is InChI=1S/C14H19NO2/c1-5-13(2,10-15)14(3,16)11-7-6-8-12(9-11)17-4/h6-9,16H,5H2,1-4H3. The van der Waals surface area contributed by atoms with Gasteiger partial charge in [-0.3, -0.25) is 0 Å². The number of benzene rings is 1. The Bertz CT molecular complexity index is 434. The molecule has 92 valence electrons. The minimum absolute atomic E-state index is 0.577. The molecule has 0 bridgehead atoms. The SMILES string of the molecule is CCC(C)(C#N)C(C)(O)c1cccc(OC)c1. The number of nitriles is 1. The van der Waals surface area contributed by atoms with Crippen LogP contribution in [0.4, 0.5) is 0 Å². The molecule has 0 aliphatic carbocycles. The van der Waals surface area contributed by atoms with E-state index in [9.17, 15) is 10.4 Å². The van der Waals surface area contributed by atoms with Crippen LogP contribution in [0.1, 0.15) is 32.8 Å². The molecule has 17 heavy (non-hydrogen) atoms. The van der Waals surface area contributed by atoms with Crippen molar-refractivity contribution in [1.82, 2.24) is 0 Å². The molecule has 0 aliphatic rings. The number of nitrogens with zero attached hydrogens (tertiary/aromatic N) is 1. The third kappa shape index (κ3) is 2.27. The van der Waals surface area contributed by atoms with Gasteiger partial charge in [0.05, 0.1) is 18.6 Å². The average molecular weight is 233 g/mol. The lowest BCUT2D eigenvalue weighted by molar-refractivity contribution is -0.0381. The van der Waals surface area contributed by atoms with Crippen LogP contribution in [0.25, 0.3) is 0 Å². The molecule has 1 rings (SSSR count). The number of ether oxygens (including phenoxy) is 1. The summed E-state index contributed by atoms with van der Waals surface area (Å²) in [6.45, 7) is 5.35. The van der Waals surface area contributed by atoms with Gasteiger partial charge in [0.25, 0.3) is 0 Å². The van der Waals surface area contributed by atoms with Crippen LogP contribution in [0.2, 0.25) is 0 Å². The van der Waals surface area contributed by atoms with Gasteiger partial charge in [-0.15, -0.1) is 0 Å². The molecule has 1 aromatic carbocycles. The number of aliphatic hydroxyl groups is 1. The predicted molar refractivity (Wildman–Crippen MR) is 66.6 cm³/mol. The molecule has 0 fully saturated rings. The Morgan fingerprint density at radius 2 is 2.06 bits per heavy atom. The van der Waals surface area contributed by atoms with E-state index >= 15 is 0 Å². The Balaban J connectivity index is 3.25. The summed E-state index contributed by atoms with van der Waals surface area (Å²) in [4.78, 5) is 0. The fourth-order valence-corrected chi connectivity index (χ4v) is 1.78. The molecule has 3 heteroatoms. The zero-order valence-corrected chi connectivity index (χ0v) is 10.8. The van der Waals surface area contributed by atoms with Crippen molar-refractivity contribution in [3.8, 4) is 11.8 Å². The number of hydrogen-bond acceptors (Lipinski definition) is 3. The first-order valence-corrected chi connectivity index (χ1v) is 5.69. The van der Waals surface area contributed by atoms with Gasteiger partial charge in [-0.2, -0.15) is 5.26 Å². The maximum Gasteiger partial charge on any atom is 0.119 e. The van der Waals surface area contributed by atoms with Gasteiger partial charge in [0, 0.05) is 0 Å². The zero-order valence-electron chi connectivity index (χ0n) is 10.8. The molecule has 0 aliphatic heterocycles. The van der Waals surface area contributed by atoms with Crippen molar-refractivity contribution in [3.63, 3.8) is 0 Å². The predicted octanol–water partition coefficient (Wildman–Crippen LogP) is 2.84. The van der Waals surface area contributed by atoms with Crippen LogP contribution in [-0.2, 0) is 5.60 Å². The summed E-state index contributed by atoms with van der Waals surface area (Å²) in [7, 11) is 1.58. The first kappa shape index (κ1) is 13.5. The fourth-order valence-electron chi connectivity index (χ4n) is 1.78. The molecule has 0 radical (unpaired) electrons. The second-order valence-corrected chi connectivity index (χ2v) is 4.60. The number of rotatable bonds is 4. The van der Waals surface area contributed by atoms with E-state index in [1.54, 1.807) is 27.0 Å². The first-order chi connectivity index (χ1) is 7.91. The highest BCUT2D eigenvalue weighted by Gasteiger charge is 2.43. The molecule has 1 aromatic rings. The first-order valence-electron chi connectivity index (χ1n) is 5.69. The van der Waals surface area contributed by atoms with Crippen LogP contribution in [-0.4, -0.2) is 12.2 Å². The van der Waals surface area contributed by atoms with Gasteiger partial charge in [0.15, 0.2) is 0 Å². The summed E-state index contributed by atoms with van der Waals surface area (Å²) in [5.74, 6) is 0.680. The highest BCUT2D eigenvalue weighted by atomic mass is 16.5. The number of hydrogen-bond donors (Lipinski definition) is 1. The Morgan fingerprint density at radius 1 is 1.41 bits per heavy atom. The van der Waals surface area contributed by atoms with Crippen LogP contribution < -0.4 is 4.74 Å². The summed E-state index contributed by atoms with van der Waals surface area (Å²) in [6, 6.07) is 9.43. The van der Waals surface area contributed by atoms with Gasteiger partial charge in [0.2, 0.25) is 0 Å². The van der Waals surface area contributed by atoms with Crippen molar-refractivity contribution >= 4 is 0 Å². The molecule has 0 heterocycles. The van der Waals surface area contributed by atoms with Crippen molar-refractivity contribution in [2.24, 2.45) is 5.41 Å². The molecule has 0 saturated heterocycles. The summed E-state index contributed by atoms with van der Waals surface area (Å²) in [5, 5.41) is 19.9. The quantitative estimate of drug-likeness (QED) is 0.870. The van der Waals surface area contributed by atoms with Gasteiger partial charge in [-0.25, -0.2) is 0 Å². The van der Waals surface area contributed by atoms with Crippen LogP contribution >= 0.6 is 0 Å². The topological polar surface area (TPSA) is 53.2 Å². The van der Waals surface area contributed by atoms with E-state index in [1.807, 2.05) is 25.1 Å². The Hall–Kier alpha value is -1.53. The molecule has 0 spiro atoms. The molecular formula is C14H19NO2. The molecule has 2 unspecified atom stereocenters. The van der Waals surface area contributed by atoms with E-state index in [1.165, 1.54) is 0 Å². The fraction of sp³-hybridized carbons (Fsp3) is 0.500. The molecular weight excluding hydrogens is 214 g/mol. The van der Waals surface area contributed by atoms with Crippen LogP contribution in [0, 0.1) is 16.7 Å². The van der Waals surface area contributed by atoms with Crippen molar-refractivity contribution < 1.29 is 9.84 Å². The van der Waals surface area contributed by atoms with Crippen molar-refractivity contribution in [3.05, 3.63) is 29.8 Å². The Kier molecular flexibility index (Phi) is 3.79. The van der Waals surface area contributed by atoms with E-state index in [0.29, 0.717) is 17.7 Å².